The van der Waals surface area contributed by atoms with E-state index in [9.17, 15) is 4.79 Å². The fourth-order valence-electron chi connectivity index (χ4n) is 1.62. The first-order valence-corrected chi connectivity index (χ1v) is 7.27. The fourth-order valence-corrected chi connectivity index (χ4v) is 2.29. The third-order valence-corrected chi connectivity index (χ3v) is 3.47. The third-order valence-electron chi connectivity index (χ3n) is 2.62. The number of carbonyl (C=O) groups excluding carboxylic acids is 1. The van der Waals surface area contributed by atoms with E-state index in [0.717, 1.165) is 15.6 Å². The molecule has 0 N–H and O–H groups in total. The van der Waals surface area contributed by atoms with Crippen LogP contribution in [0.15, 0.2) is 40.0 Å². The molecular weight excluding hydrogens is 323 g/mol. The number of carbonyl (C=O) groups is 1. The molecule has 0 unspecified atom stereocenters. The molecule has 0 atom stereocenters. The van der Waals surface area contributed by atoms with Crippen molar-refractivity contribution in [3.05, 3.63) is 45.6 Å². The highest BCUT2D eigenvalue weighted by atomic mass is 127. The first-order valence-electron chi connectivity index (χ1n) is 6.19. The van der Waals surface area contributed by atoms with Crippen LogP contribution in [0.2, 0.25) is 0 Å². The largest absolute Gasteiger partial charge is 0.289 e. The van der Waals surface area contributed by atoms with Crippen LogP contribution in [-0.4, -0.2) is 5.78 Å². The summed E-state index contributed by atoms with van der Waals surface area (Å²) in [4.78, 5) is 11.9. The number of allylic oxidation sites excluding steroid dienone is 2. The van der Waals surface area contributed by atoms with Gasteiger partial charge in [-0.15, -0.1) is 0 Å². The molecule has 1 aromatic rings. The lowest BCUT2D eigenvalue weighted by atomic mass is 10.1. The van der Waals surface area contributed by atoms with Gasteiger partial charge in [0.25, 0.3) is 0 Å². The third kappa shape index (κ3) is 6.01. The average Bonchev–Trinajstić information content (AvgIpc) is 2.36. The molecule has 0 saturated carbocycles. The van der Waals surface area contributed by atoms with Crippen molar-refractivity contribution in [2.45, 2.75) is 39.0 Å². The molecule has 0 radical (unpaired) electrons. The summed E-state index contributed by atoms with van der Waals surface area (Å²) in [5.41, 5.74) is 0.773. The van der Waals surface area contributed by atoms with Crippen LogP contribution >= 0.6 is 22.6 Å². The lowest BCUT2D eigenvalue weighted by Crippen LogP contribution is -1.94. The van der Waals surface area contributed by atoms with Crippen LogP contribution in [0.25, 0.3) is 0 Å². The maximum Gasteiger partial charge on any atom is 0.186 e. The predicted molar refractivity (Wildman–Crippen MR) is 81.6 cm³/mol. The Bertz CT molecular complexity index is 368. The van der Waals surface area contributed by atoms with Gasteiger partial charge in [0.15, 0.2) is 5.78 Å². The Morgan fingerprint density at radius 3 is 2.53 bits per heavy atom. The maximum atomic E-state index is 11.9. The molecule has 0 bridgehead atoms. The van der Waals surface area contributed by atoms with Gasteiger partial charge >= 0.3 is 0 Å². The molecule has 92 valence electrons. The van der Waals surface area contributed by atoms with Crippen molar-refractivity contribution in [1.29, 1.82) is 0 Å². The average molecular weight is 342 g/mol. The quantitative estimate of drug-likeness (QED) is 0.290. The molecule has 1 nitrogen and oxygen atoms in total. The first kappa shape index (κ1) is 14.4. The van der Waals surface area contributed by atoms with E-state index in [-0.39, 0.29) is 5.78 Å². The van der Waals surface area contributed by atoms with Gasteiger partial charge in [0, 0.05) is 5.56 Å². The van der Waals surface area contributed by atoms with Gasteiger partial charge in [0.2, 0.25) is 0 Å². The number of hydrogen-bond acceptors (Lipinski definition) is 1. The highest BCUT2D eigenvalue weighted by molar-refractivity contribution is 14.1. The summed E-state index contributed by atoms with van der Waals surface area (Å²) in [6.45, 7) is 2.21. The molecule has 0 aliphatic carbocycles. The molecule has 17 heavy (non-hydrogen) atoms. The van der Waals surface area contributed by atoms with Crippen molar-refractivity contribution in [2.24, 2.45) is 0 Å². The van der Waals surface area contributed by atoms with E-state index in [4.69, 9.17) is 0 Å². The molecule has 1 rings (SSSR count). The zero-order valence-corrected chi connectivity index (χ0v) is 12.4. The number of benzene rings is 1. The predicted octanol–water partition coefficient (Wildman–Crippen LogP) is 5.16. The summed E-state index contributed by atoms with van der Waals surface area (Å²) in [5, 5.41) is 0. The second-order valence-corrected chi connectivity index (χ2v) is 5.52. The summed E-state index contributed by atoms with van der Waals surface area (Å²) in [7, 11) is 0. The van der Waals surface area contributed by atoms with E-state index in [1.807, 2.05) is 30.3 Å². The molecule has 2 heteroatoms. The Kier molecular flexibility index (Phi) is 7.17. The van der Waals surface area contributed by atoms with Gasteiger partial charge in [-0.2, -0.15) is 0 Å². The summed E-state index contributed by atoms with van der Waals surface area (Å²) >= 11 is 2.28. The minimum absolute atomic E-state index is 0.116. The van der Waals surface area contributed by atoms with Gasteiger partial charge in [-0.05, 0) is 45.1 Å². The summed E-state index contributed by atoms with van der Waals surface area (Å²) in [5.74, 6) is 0.116. The van der Waals surface area contributed by atoms with Crippen molar-refractivity contribution < 1.29 is 4.79 Å². The lowest BCUT2D eigenvalue weighted by Gasteiger charge is -2.00. The van der Waals surface area contributed by atoms with E-state index in [1.165, 1.54) is 25.7 Å². The summed E-state index contributed by atoms with van der Waals surface area (Å²) < 4.78 is 1.16. The molecule has 0 fully saturated rings. The Morgan fingerprint density at radius 1 is 1.18 bits per heavy atom. The smallest absolute Gasteiger partial charge is 0.186 e. The summed E-state index contributed by atoms with van der Waals surface area (Å²) in [6, 6.07) is 9.44. The normalized spacial score (nSPS) is 11.5. The molecule has 0 aliphatic rings. The molecular formula is C15H19IO. The van der Waals surface area contributed by atoms with Gasteiger partial charge in [-0.25, -0.2) is 0 Å². The van der Waals surface area contributed by atoms with Crippen molar-refractivity contribution in [1.82, 2.24) is 0 Å². The lowest BCUT2D eigenvalue weighted by molar-refractivity contribution is 0.104. The van der Waals surface area contributed by atoms with Gasteiger partial charge in [-0.1, -0.05) is 56.5 Å². The van der Waals surface area contributed by atoms with Crippen molar-refractivity contribution in [2.75, 3.05) is 0 Å². The number of unbranched alkanes of at least 4 members (excludes halogenated alkanes) is 3. The fraction of sp³-hybridized carbons (Fsp3) is 0.400. The highest BCUT2D eigenvalue weighted by Crippen LogP contribution is 2.17. The van der Waals surface area contributed by atoms with E-state index in [1.54, 1.807) is 6.08 Å². The van der Waals surface area contributed by atoms with Crippen LogP contribution in [0.1, 0.15) is 49.4 Å². The van der Waals surface area contributed by atoms with Crippen molar-refractivity contribution >= 4 is 28.4 Å². The van der Waals surface area contributed by atoms with Crippen molar-refractivity contribution in [3.8, 4) is 0 Å². The minimum atomic E-state index is 0.116. The van der Waals surface area contributed by atoms with Crippen molar-refractivity contribution in [3.63, 3.8) is 0 Å². The van der Waals surface area contributed by atoms with Crippen LogP contribution in [0.5, 0.6) is 0 Å². The Morgan fingerprint density at radius 2 is 1.88 bits per heavy atom. The van der Waals surface area contributed by atoms with E-state index >= 15 is 0 Å². The first-order chi connectivity index (χ1) is 8.24. The van der Waals surface area contributed by atoms with Crippen LogP contribution in [-0.2, 0) is 0 Å². The molecule has 0 aromatic heterocycles. The topological polar surface area (TPSA) is 17.1 Å². The van der Waals surface area contributed by atoms with E-state index in [2.05, 4.69) is 29.5 Å². The highest BCUT2D eigenvalue weighted by Gasteiger charge is 2.02. The van der Waals surface area contributed by atoms with Gasteiger partial charge in [0.1, 0.15) is 0 Å². The second-order valence-electron chi connectivity index (χ2n) is 4.13. The zero-order chi connectivity index (χ0) is 12.5. The van der Waals surface area contributed by atoms with Crippen LogP contribution < -0.4 is 0 Å². The maximum absolute atomic E-state index is 11.9. The standard InChI is InChI=1S/C15H19IO/c1-2-3-4-8-11-14(16)12-15(17)13-9-6-5-7-10-13/h5-7,9-10,12H,2-4,8,11H2,1H3/b14-12-. The Balaban J connectivity index is 2.43. The van der Waals surface area contributed by atoms with Gasteiger partial charge < -0.3 is 0 Å². The second kappa shape index (κ2) is 8.45. The van der Waals surface area contributed by atoms with Crippen LogP contribution in [0.4, 0.5) is 0 Å². The number of ketones is 1. The van der Waals surface area contributed by atoms with E-state index in [0.29, 0.717) is 0 Å². The molecule has 1 aromatic carbocycles. The van der Waals surface area contributed by atoms with Gasteiger partial charge in [-0.3, -0.25) is 4.79 Å². The Labute approximate surface area is 117 Å². The monoisotopic (exact) mass is 342 g/mol. The molecule has 0 spiro atoms. The zero-order valence-electron chi connectivity index (χ0n) is 10.3. The van der Waals surface area contributed by atoms with E-state index < -0.39 is 0 Å². The molecule has 0 amide bonds. The number of halogens is 1. The molecule has 0 saturated heterocycles. The van der Waals surface area contributed by atoms with Gasteiger partial charge in [0.05, 0.1) is 0 Å². The van der Waals surface area contributed by atoms with Crippen LogP contribution in [0, 0.1) is 0 Å². The van der Waals surface area contributed by atoms with Crippen LogP contribution in [0.3, 0.4) is 0 Å². The number of rotatable bonds is 7. The molecule has 0 aliphatic heterocycles. The number of hydrogen-bond donors (Lipinski definition) is 0. The SMILES string of the molecule is CCCCCC/C(I)=C/C(=O)c1ccccc1. The summed E-state index contributed by atoms with van der Waals surface area (Å²) in [6.07, 6.45) is 7.78. The molecule has 0 heterocycles. The Hall–Kier alpha value is -0.640. The minimum Gasteiger partial charge on any atom is -0.289 e.